The minimum absolute atomic E-state index is 0.841. The molecule has 0 fully saturated rings. The number of nitrogens with zero attached hydrogens (tertiary/aromatic N) is 2. The lowest BCUT2D eigenvalue weighted by Gasteiger charge is -2.10. The molecule has 0 saturated carbocycles. The molecule has 0 saturated heterocycles. The highest BCUT2D eigenvalue weighted by Gasteiger charge is 2.25. The van der Waals surface area contributed by atoms with E-state index in [0.29, 0.717) is 0 Å². The zero-order valence-electron chi connectivity index (χ0n) is 35.0. The van der Waals surface area contributed by atoms with Gasteiger partial charge in [-0.05, 0) is 83.9 Å². The zero-order chi connectivity index (χ0) is 42.8. The van der Waals surface area contributed by atoms with Gasteiger partial charge in [-0.15, -0.1) is 0 Å². The quantitative estimate of drug-likeness (QED) is 0.178. The average molecular weight is 845 g/mol. The van der Waals surface area contributed by atoms with E-state index in [0.717, 1.165) is 154 Å². The van der Waals surface area contributed by atoms with Crippen LogP contribution in [0.2, 0.25) is 0 Å². The number of benzene rings is 10. The predicted octanol–water partition coefficient (Wildman–Crippen LogP) is 17.1. The van der Waals surface area contributed by atoms with E-state index >= 15 is 0 Å². The van der Waals surface area contributed by atoms with Crippen molar-refractivity contribution >= 4 is 131 Å². The molecule has 0 atom stereocenters. The Morgan fingerprint density at radius 3 is 0.985 bits per heavy atom. The van der Waals surface area contributed by atoms with Crippen molar-refractivity contribution in [2.75, 3.05) is 0 Å². The van der Waals surface area contributed by atoms with Crippen LogP contribution in [0.25, 0.3) is 154 Å². The van der Waals surface area contributed by atoms with Crippen LogP contribution >= 0.6 is 0 Å². The van der Waals surface area contributed by atoms with Gasteiger partial charge < -0.3 is 26.8 Å². The first-order chi connectivity index (χ1) is 32.7. The molecule has 66 heavy (non-hydrogen) atoms. The highest BCUT2D eigenvalue weighted by atomic mass is 16.3. The standard InChI is InChI=1S/C60H32N2O4/c1-5-19-51-35(11-1)41-15-9-17-49(57(41)63-51)61-47-29-23-33(31-45(47)39-25-27-43-37-13-3-7-21-53(37)65-59(43)55(39)61)34-24-30-48-46(32-34)40-26-28-44-38-14-4-8-22-54(38)66-60(44)56(40)62(48)50-18-10-16-42-36-12-2-6-20-52(36)64-58(42)50/h1-32H. The van der Waals surface area contributed by atoms with Crippen molar-refractivity contribution in [2.45, 2.75) is 0 Å². The average Bonchev–Trinajstić information content (AvgIpc) is 4.22. The first kappa shape index (κ1) is 34.5. The Kier molecular flexibility index (Phi) is 6.47. The first-order valence-corrected chi connectivity index (χ1v) is 22.3. The van der Waals surface area contributed by atoms with Crippen LogP contribution in [0.1, 0.15) is 0 Å². The maximum atomic E-state index is 6.80. The predicted molar refractivity (Wildman–Crippen MR) is 270 cm³/mol. The van der Waals surface area contributed by atoms with E-state index in [1.807, 2.05) is 36.4 Å². The Labute approximate surface area is 373 Å². The number of fused-ring (bicyclic) bond motifs is 20. The molecule has 0 aliphatic carbocycles. The Bertz CT molecular complexity index is 4470. The Morgan fingerprint density at radius 1 is 0.242 bits per heavy atom. The first-order valence-electron chi connectivity index (χ1n) is 22.3. The van der Waals surface area contributed by atoms with Crippen molar-refractivity contribution in [3.63, 3.8) is 0 Å². The summed E-state index contributed by atoms with van der Waals surface area (Å²) in [4.78, 5) is 0. The third-order valence-electron chi connectivity index (χ3n) is 14.1. The normalized spacial score (nSPS) is 12.5. The van der Waals surface area contributed by atoms with Crippen molar-refractivity contribution in [3.05, 3.63) is 194 Å². The highest BCUT2D eigenvalue weighted by molar-refractivity contribution is 6.25. The molecule has 16 aromatic rings. The maximum absolute atomic E-state index is 6.80. The van der Waals surface area contributed by atoms with Gasteiger partial charge in [0.2, 0.25) is 0 Å². The number of furan rings is 4. The van der Waals surface area contributed by atoms with Gasteiger partial charge >= 0.3 is 0 Å². The van der Waals surface area contributed by atoms with Crippen molar-refractivity contribution in [1.29, 1.82) is 0 Å². The van der Waals surface area contributed by atoms with Crippen LogP contribution in [0.4, 0.5) is 0 Å². The van der Waals surface area contributed by atoms with Gasteiger partial charge in [0.25, 0.3) is 0 Å². The van der Waals surface area contributed by atoms with Crippen molar-refractivity contribution < 1.29 is 17.7 Å². The molecule has 306 valence electrons. The largest absolute Gasteiger partial charge is 0.454 e. The van der Waals surface area contributed by atoms with E-state index in [2.05, 4.69) is 167 Å². The number of hydrogen-bond donors (Lipinski definition) is 0. The molecule has 0 aliphatic rings. The van der Waals surface area contributed by atoms with Crippen LogP contribution in [-0.4, -0.2) is 9.13 Å². The fraction of sp³-hybridized carbons (Fsp3) is 0. The minimum Gasteiger partial charge on any atom is -0.454 e. The van der Waals surface area contributed by atoms with Gasteiger partial charge in [-0.1, -0.05) is 121 Å². The molecule has 10 aromatic carbocycles. The molecule has 16 rings (SSSR count). The lowest BCUT2D eigenvalue weighted by molar-refractivity contribution is 0.664. The summed E-state index contributed by atoms with van der Waals surface area (Å²) < 4.78 is 31.7. The molecule has 0 unspecified atom stereocenters. The summed E-state index contributed by atoms with van der Waals surface area (Å²) in [5, 5.41) is 13.2. The van der Waals surface area contributed by atoms with Crippen LogP contribution in [0.15, 0.2) is 212 Å². The van der Waals surface area contributed by atoms with Gasteiger partial charge in [0.15, 0.2) is 22.3 Å². The van der Waals surface area contributed by atoms with Gasteiger partial charge in [0, 0.05) is 64.6 Å². The summed E-state index contributed by atoms with van der Waals surface area (Å²) >= 11 is 0. The lowest BCUT2D eigenvalue weighted by Crippen LogP contribution is -1.95. The maximum Gasteiger partial charge on any atom is 0.160 e. The SMILES string of the molecule is c1ccc2c(c1)oc1c(-n3c4ccc(-c5ccc6c(c5)c5ccc7c8ccccc8oc7c5n6-c5cccc6c5oc5ccccc56)cc4c4ccc5c6ccccc6oc5c43)cccc12. The van der Waals surface area contributed by atoms with Gasteiger partial charge in [-0.2, -0.15) is 0 Å². The van der Waals surface area contributed by atoms with E-state index in [1.165, 1.54) is 0 Å². The monoisotopic (exact) mass is 844 g/mol. The molecular formula is C60H32N2O4. The molecule has 0 aliphatic heterocycles. The van der Waals surface area contributed by atoms with E-state index in [-0.39, 0.29) is 0 Å². The van der Waals surface area contributed by atoms with Crippen LogP contribution in [0, 0.1) is 0 Å². The fourth-order valence-corrected chi connectivity index (χ4v) is 11.2. The van der Waals surface area contributed by atoms with Crippen LogP contribution in [-0.2, 0) is 0 Å². The van der Waals surface area contributed by atoms with E-state index in [1.54, 1.807) is 0 Å². The molecule has 6 heterocycles. The van der Waals surface area contributed by atoms with E-state index in [9.17, 15) is 0 Å². The van der Waals surface area contributed by atoms with Crippen LogP contribution < -0.4 is 0 Å². The Morgan fingerprint density at radius 2 is 0.576 bits per heavy atom. The van der Waals surface area contributed by atoms with Gasteiger partial charge in [0.1, 0.15) is 22.3 Å². The molecule has 6 heteroatoms. The molecule has 6 nitrogen and oxygen atoms in total. The van der Waals surface area contributed by atoms with Crippen LogP contribution in [0.5, 0.6) is 0 Å². The molecule has 0 radical (unpaired) electrons. The summed E-state index contributed by atoms with van der Waals surface area (Å²) in [5.41, 5.74) is 15.2. The second kappa shape index (κ2) is 12.4. The second-order valence-corrected chi connectivity index (χ2v) is 17.5. The summed E-state index contributed by atoms with van der Waals surface area (Å²) in [7, 11) is 0. The zero-order valence-corrected chi connectivity index (χ0v) is 35.0. The number of hydrogen-bond acceptors (Lipinski definition) is 4. The third-order valence-corrected chi connectivity index (χ3v) is 14.1. The van der Waals surface area contributed by atoms with Crippen LogP contribution in [0.3, 0.4) is 0 Å². The molecule has 0 spiro atoms. The summed E-state index contributed by atoms with van der Waals surface area (Å²) in [6.45, 7) is 0. The van der Waals surface area contributed by atoms with Gasteiger partial charge in [0.05, 0.1) is 33.4 Å². The van der Waals surface area contributed by atoms with E-state index < -0.39 is 0 Å². The van der Waals surface area contributed by atoms with Gasteiger partial charge in [-0.3, -0.25) is 0 Å². The van der Waals surface area contributed by atoms with Gasteiger partial charge in [-0.25, -0.2) is 0 Å². The summed E-state index contributed by atoms with van der Waals surface area (Å²) in [6.07, 6.45) is 0. The molecule has 0 amide bonds. The summed E-state index contributed by atoms with van der Waals surface area (Å²) in [5.74, 6) is 0. The number of para-hydroxylation sites is 6. The van der Waals surface area contributed by atoms with Crippen molar-refractivity contribution in [3.8, 4) is 22.5 Å². The summed E-state index contributed by atoms with van der Waals surface area (Å²) in [6, 6.07) is 68.7. The van der Waals surface area contributed by atoms with Crippen molar-refractivity contribution in [2.24, 2.45) is 0 Å². The molecule has 0 N–H and O–H groups in total. The third kappa shape index (κ3) is 4.40. The number of aromatic nitrogens is 2. The minimum atomic E-state index is 0.841. The van der Waals surface area contributed by atoms with E-state index in [4.69, 9.17) is 17.7 Å². The highest BCUT2D eigenvalue weighted by Crippen LogP contribution is 2.46. The Balaban J connectivity index is 0.974. The topological polar surface area (TPSA) is 62.4 Å². The molecular weight excluding hydrogens is 813 g/mol. The molecule has 0 bridgehead atoms. The number of rotatable bonds is 3. The van der Waals surface area contributed by atoms with Crippen molar-refractivity contribution in [1.82, 2.24) is 9.13 Å². The molecule has 6 aromatic heterocycles. The lowest BCUT2D eigenvalue weighted by atomic mass is 10.00. The second-order valence-electron chi connectivity index (χ2n) is 17.5. The fourth-order valence-electron chi connectivity index (χ4n) is 11.2. The smallest absolute Gasteiger partial charge is 0.160 e. The Hall–Kier alpha value is -9.00.